The predicted octanol–water partition coefficient (Wildman–Crippen LogP) is 2.73. The summed E-state index contributed by atoms with van der Waals surface area (Å²) in [7, 11) is 0. The first-order valence-corrected chi connectivity index (χ1v) is 7.17. The number of benzene rings is 1. The van der Waals surface area contributed by atoms with Crippen molar-refractivity contribution in [1.82, 2.24) is 14.8 Å². The summed E-state index contributed by atoms with van der Waals surface area (Å²) < 4.78 is 1.23. The molecule has 2 aromatic heterocycles. The van der Waals surface area contributed by atoms with Crippen LogP contribution in [0.2, 0.25) is 5.02 Å². The van der Waals surface area contributed by atoms with E-state index in [4.69, 9.17) is 11.6 Å². The minimum atomic E-state index is -0.420. The number of halogens is 1. The average molecular weight is 326 g/mol. The van der Waals surface area contributed by atoms with E-state index in [0.29, 0.717) is 17.1 Å². The molecular weight excluding hydrogens is 314 g/mol. The quantitative estimate of drug-likeness (QED) is 0.591. The van der Waals surface area contributed by atoms with Gasteiger partial charge in [0, 0.05) is 6.20 Å². The van der Waals surface area contributed by atoms with Crippen molar-refractivity contribution in [3.8, 4) is 5.69 Å². The summed E-state index contributed by atoms with van der Waals surface area (Å²) in [6.45, 7) is 0. The SMILES string of the molecule is O=c1c(Cl)c(NN=Cc2ccccn2)cnn1-c1ccccc1. The van der Waals surface area contributed by atoms with Crippen LogP contribution in [0.3, 0.4) is 0 Å². The highest BCUT2D eigenvalue weighted by Gasteiger charge is 2.09. The molecule has 0 spiro atoms. The van der Waals surface area contributed by atoms with Crippen molar-refractivity contribution in [3.05, 3.63) is 82.0 Å². The van der Waals surface area contributed by atoms with Gasteiger partial charge >= 0.3 is 0 Å². The topological polar surface area (TPSA) is 72.2 Å². The highest BCUT2D eigenvalue weighted by atomic mass is 35.5. The largest absolute Gasteiger partial charge is 0.292 e. The summed E-state index contributed by atoms with van der Waals surface area (Å²) in [6.07, 6.45) is 4.64. The van der Waals surface area contributed by atoms with Crippen molar-refractivity contribution in [2.75, 3.05) is 5.43 Å². The third-order valence-corrected chi connectivity index (χ3v) is 3.35. The van der Waals surface area contributed by atoms with Crippen LogP contribution in [0.5, 0.6) is 0 Å². The van der Waals surface area contributed by atoms with Gasteiger partial charge in [-0.1, -0.05) is 35.9 Å². The van der Waals surface area contributed by atoms with E-state index in [2.05, 4.69) is 20.6 Å². The molecule has 6 nitrogen and oxygen atoms in total. The number of hydrogen-bond donors (Lipinski definition) is 1. The molecule has 23 heavy (non-hydrogen) atoms. The number of nitrogens with one attached hydrogen (secondary N) is 1. The molecule has 114 valence electrons. The van der Waals surface area contributed by atoms with E-state index in [0.717, 1.165) is 0 Å². The molecule has 0 atom stereocenters. The van der Waals surface area contributed by atoms with Gasteiger partial charge in [0.25, 0.3) is 5.56 Å². The number of anilines is 1. The first-order chi connectivity index (χ1) is 11.3. The zero-order valence-electron chi connectivity index (χ0n) is 11.9. The molecule has 0 saturated heterocycles. The van der Waals surface area contributed by atoms with Gasteiger partial charge in [-0.2, -0.15) is 14.9 Å². The Hall–Kier alpha value is -2.99. The van der Waals surface area contributed by atoms with Gasteiger partial charge in [-0.3, -0.25) is 15.2 Å². The first-order valence-electron chi connectivity index (χ1n) is 6.79. The predicted molar refractivity (Wildman–Crippen MR) is 90.3 cm³/mol. The second-order valence-electron chi connectivity index (χ2n) is 4.55. The van der Waals surface area contributed by atoms with Gasteiger partial charge in [0.1, 0.15) is 10.7 Å². The number of para-hydroxylation sites is 1. The van der Waals surface area contributed by atoms with Crippen molar-refractivity contribution < 1.29 is 0 Å². The maximum Gasteiger partial charge on any atom is 0.292 e. The van der Waals surface area contributed by atoms with Crippen LogP contribution in [0.4, 0.5) is 5.69 Å². The molecule has 7 heteroatoms. The van der Waals surface area contributed by atoms with Crippen molar-refractivity contribution >= 4 is 23.5 Å². The van der Waals surface area contributed by atoms with Crippen molar-refractivity contribution in [2.24, 2.45) is 5.10 Å². The van der Waals surface area contributed by atoms with E-state index in [1.54, 1.807) is 24.4 Å². The molecule has 0 saturated carbocycles. The fourth-order valence-corrected chi connectivity index (χ4v) is 2.06. The molecule has 2 heterocycles. The number of hydrogen-bond acceptors (Lipinski definition) is 5. The van der Waals surface area contributed by atoms with Crippen LogP contribution in [0.1, 0.15) is 5.69 Å². The van der Waals surface area contributed by atoms with E-state index in [1.807, 2.05) is 30.3 Å². The third-order valence-electron chi connectivity index (χ3n) is 2.99. The lowest BCUT2D eigenvalue weighted by atomic mass is 10.3. The van der Waals surface area contributed by atoms with E-state index in [9.17, 15) is 4.79 Å². The molecule has 1 aromatic carbocycles. The molecule has 0 aliphatic heterocycles. The fraction of sp³-hybridized carbons (Fsp3) is 0. The number of nitrogens with zero attached hydrogens (tertiary/aromatic N) is 4. The van der Waals surface area contributed by atoms with Gasteiger partial charge in [0.2, 0.25) is 0 Å². The highest BCUT2D eigenvalue weighted by Crippen LogP contribution is 2.16. The lowest BCUT2D eigenvalue weighted by Gasteiger charge is -2.07. The summed E-state index contributed by atoms with van der Waals surface area (Å²) in [5, 5.41) is 8.12. The highest BCUT2D eigenvalue weighted by molar-refractivity contribution is 6.32. The lowest BCUT2D eigenvalue weighted by molar-refractivity contribution is 0.808. The lowest BCUT2D eigenvalue weighted by Crippen LogP contribution is -2.22. The maximum absolute atomic E-state index is 12.3. The molecule has 0 amide bonds. The Labute approximate surface area is 137 Å². The summed E-state index contributed by atoms with van der Waals surface area (Å²) in [4.78, 5) is 16.4. The van der Waals surface area contributed by atoms with Gasteiger partial charge in [0.05, 0.1) is 23.8 Å². The number of aromatic nitrogens is 3. The molecule has 0 aliphatic rings. The average Bonchev–Trinajstić information content (AvgIpc) is 2.60. The molecule has 0 fully saturated rings. The molecule has 0 radical (unpaired) electrons. The normalized spacial score (nSPS) is 10.8. The Morgan fingerprint density at radius 2 is 1.91 bits per heavy atom. The standard InChI is InChI=1S/C16H12ClN5O/c17-15-14(21-19-10-12-6-4-5-9-18-12)11-20-22(16(15)23)13-7-2-1-3-8-13/h1-11,21H. The van der Waals surface area contributed by atoms with Gasteiger partial charge in [0.15, 0.2) is 0 Å². The molecular formula is C16H12ClN5O. The van der Waals surface area contributed by atoms with Crippen LogP contribution >= 0.6 is 11.6 Å². The Morgan fingerprint density at radius 3 is 2.65 bits per heavy atom. The summed E-state index contributed by atoms with van der Waals surface area (Å²) in [5.74, 6) is 0. The molecule has 0 unspecified atom stereocenters. The number of hydrazone groups is 1. The maximum atomic E-state index is 12.3. The minimum Gasteiger partial charge on any atom is -0.275 e. The zero-order chi connectivity index (χ0) is 16.1. The van der Waals surface area contributed by atoms with Crippen LogP contribution in [0, 0.1) is 0 Å². The second kappa shape index (κ2) is 6.85. The molecule has 3 aromatic rings. The van der Waals surface area contributed by atoms with Crippen LogP contribution in [-0.2, 0) is 0 Å². The van der Waals surface area contributed by atoms with Gasteiger partial charge in [-0.15, -0.1) is 0 Å². The van der Waals surface area contributed by atoms with Crippen LogP contribution < -0.4 is 11.0 Å². The third kappa shape index (κ3) is 3.44. The minimum absolute atomic E-state index is 0.0158. The van der Waals surface area contributed by atoms with Crippen molar-refractivity contribution in [3.63, 3.8) is 0 Å². The molecule has 0 bridgehead atoms. The van der Waals surface area contributed by atoms with E-state index < -0.39 is 5.56 Å². The van der Waals surface area contributed by atoms with Crippen LogP contribution in [-0.4, -0.2) is 21.0 Å². The smallest absolute Gasteiger partial charge is 0.275 e. The summed E-state index contributed by atoms with van der Waals surface area (Å²) >= 11 is 6.10. The van der Waals surface area contributed by atoms with E-state index >= 15 is 0 Å². The van der Waals surface area contributed by atoms with Crippen LogP contribution in [0.15, 0.2) is 70.8 Å². The zero-order valence-corrected chi connectivity index (χ0v) is 12.7. The Balaban J connectivity index is 1.84. The molecule has 3 rings (SSSR count). The van der Waals surface area contributed by atoms with Crippen LogP contribution in [0.25, 0.3) is 5.69 Å². The number of pyridine rings is 1. The van der Waals surface area contributed by atoms with Gasteiger partial charge in [-0.05, 0) is 24.3 Å². The van der Waals surface area contributed by atoms with E-state index in [1.165, 1.54) is 17.1 Å². The second-order valence-corrected chi connectivity index (χ2v) is 4.93. The first kappa shape index (κ1) is 14.9. The summed E-state index contributed by atoms with van der Waals surface area (Å²) in [6, 6.07) is 14.5. The van der Waals surface area contributed by atoms with Gasteiger partial charge < -0.3 is 0 Å². The molecule has 1 N–H and O–H groups in total. The Kier molecular flexibility index (Phi) is 4.44. The Bertz CT molecular complexity index is 878. The summed E-state index contributed by atoms with van der Waals surface area (Å²) in [5.41, 5.74) is 3.94. The van der Waals surface area contributed by atoms with Gasteiger partial charge in [-0.25, -0.2) is 0 Å². The Morgan fingerprint density at radius 1 is 1.13 bits per heavy atom. The monoisotopic (exact) mass is 325 g/mol. The fourth-order valence-electron chi connectivity index (χ4n) is 1.88. The van der Waals surface area contributed by atoms with Crippen molar-refractivity contribution in [1.29, 1.82) is 0 Å². The molecule has 0 aliphatic carbocycles. The number of rotatable bonds is 4. The van der Waals surface area contributed by atoms with Crippen molar-refractivity contribution in [2.45, 2.75) is 0 Å². The van der Waals surface area contributed by atoms with E-state index in [-0.39, 0.29) is 5.02 Å².